The van der Waals surface area contributed by atoms with Crippen LogP contribution in [0, 0.1) is 5.92 Å². The molecule has 1 N–H and O–H groups in total. The lowest BCUT2D eigenvalue weighted by atomic mass is 10.1. The molecular weight excluding hydrogens is 296 g/mol. The van der Waals surface area contributed by atoms with Gasteiger partial charge in [-0.15, -0.1) is 0 Å². The SMILES string of the molecule is CCCn1cnc2c1c(=O)n([C@@H](O)CCCC(C)C)c(=O)n2C. The van der Waals surface area contributed by atoms with E-state index in [1.54, 1.807) is 17.9 Å². The first-order valence-corrected chi connectivity index (χ1v) is 8.22. The Morgan fingerprint density at radius 1 is 1.26 bits per heavy atom. The third kappa shape index (κ3) is 3.39. The first-order valence-electron chi connectivity index (χ1n) is 8.22. The summed E-state index contributed by atoms with van der Waals surface area (Å²) in [5, 5.41) is 10.4. The minimum Gasteiger partial charge on any atom is -0.373 e. The molecule has 0 aliphatic rings. The molecule has 1 atom stereocenters. The van der Waals surface area contributed by atoms with Gasteiger partial charge >= 0.3 is 5.69 Å². The third-order valence-corrected chi connectivity index (χ3v) is 4.06. The summed E-state index contributed by atoms with van der Waals surface area (Å²) < 4.78 is 4.03. The highest BCUT2D eigenvalue weighted by atomic mass is 16.3. The summed E-state index contributed by atoms with van der Waals surface area (Å²) in [6, 6.07) is 0. The predicted molar refractivity (Wildman–Crippen MR) is 89.5 cm³/mol. The van der Waals surface area contributed by atoms with Gasteiger partial charge in [-0.3, -0.25) is 9.36 Å². The van der Waals surface area contributed by atoms with Crippen molar-refractivity contribution in [1.29, 1.82) is 0 Å². The molecule has 23 heavy (non-hydrogen) atoms. The number of aromatic nitrogens is 4. The molecule has 2 rings (SSSR count). The molecule has 2 aromatic heterocycles. The zero-order valence-corrected chi connectivity index (χ0v) is 14.3. The van der Waals surface area contributed by atoms with Gasteiger partial charge < -0.3 is 9.67 Å². The fraction of sp³-hybridized carbons (Fsp3) is 0.688. The molecule has 0 aromatic carbocycles. The Labute approximate surface area is 135 Å². The van der Waals surface area contributed by atoms with Crippen molar-refractivity contribution < 1.29 is 5.11 Å². The lowest BCUT2D eigenvalue weighted by Crippen LogP contribution is -2.42. The number of imidazole rings is 1. The van der Waals surface area contributed by atoms with Crippen molar-refractivity contribution in [2.45, 2.75) is 59.2 Å². The van der Waals surface area contributed by atoms with Crippen LogP contribution in [0.25, 0.3) is 11.2 Å². The second kappa shape index (κ2) is 7.12. The van der Waals surface area contributed by atoms with Crippen molar-refractivity contribution in [3.63, 3.8) is 0 Å². The van der Waals surface area contributed by atoms with Gasteiger partial charge in [-0.05, 0) is 25.2 Å². The number of hydrogen-bond acceptors (Lipinski definition) is 4. The van der Waals surface area contributed by atoms with E-state index >= 15 is 0 Å². The quantitative estimate of drug-likeness (QED) is 0.840. The van der Waals surface area contributed by atoms with Crippen molar-refractivity contribution in [3.05, 3.63) is 27.2 Å². The monoisotopic (exact) mass is 322 g/mol. The van der Waals surface area contributed by atoms with Crippen molar-refractivity contribution in [2.75, 3.05) is 0 Å². The molecule has 0 aliphatic carbocycles. The van der Waals surface area contributed by atoms with Crippen LogP contribution in [0.2, 0.25) is 0 Å². The smallest absolute Gasteiger partial charge is 0.334 e. The van der Waals surface area contributed by atoms with Crippen LogP contribution in [0.3, 0.4) is 0 Å². The highest BCUT2D eigenvalue weighted by Crippen LogP contribution is 2.14. The minimum absolute atomic E-state index is 0.360. The van der Waals surface area contributed by atoms with Crippen LogP contribution in [0.1, 0.15) is 52.7 Å². The molecule has 0 spiro atoms. The van der Waals surface area contributed by atoms with Crippen LogP contribution in [0.5, 0.6) is 0 Å². The maximum absolute atomic E-state index is 12.7. The van der Waals surface area contributed by atoms with Crippen LogP contribution < -0.4 is 11.2 Å². The van der Waals surface area contributed by atoms with Gasteiger partial charge in [0.2, 0.25) is 0 Å². The Morgan fingerprint density at radius 3 is 2.57 bits per heavy atom. The van der Waals surface area contributed by atoms with Crippen molar-refractivity contribution in [1.82, 2.24) is 18.7 Å². The lowest BCUT2D eigenvalue weighted by Gasteiger charge is -2.15. The molecule has 0 fully saturated rings. The van der Waals surface area contributed by atoms with E-state index in [-0.39, 0.29) is 0 Å². The Bertz CT molecular complexity index is 785. The highest BCUT2D eigenvalue weighted by molar-refractivity contribution is 5.69. The van der Waals surface area contributed by atoms with E-state index in [0.717, 1.165) is 23.8 Å². The molecular formula is C16H26N4O3. The summed E-state index contributed by atoms with van der Waals surface area (Å²) in [4.78, 5) is 29.3. The second-order valence-electron chi connectivity index (χ2n) is 6.43. The fourth-order valence-electron chi connectivity index (χ4n) is 2.80. The maximum Gasteiger partial charge on any atom is 0.334 e. The number of aliphatic hydroxyl groups is 1. The van der Waals surface area contributed by atoms with Gasteiger partial charge in [-0.2, -0.15) is 0 Å². The number of fused-ring (bicyclic) bond motifs is 1. The molecule has 2 heterocycles. The van der Waals surface area contributed by atoms with Gasteiger partial charge in [-0.25, -0.2) is 14.3 Å². The first kappa shape index (κ1) is 17.5. The Balaban J connectivity index is 2.49. The van der Waals surface area contributed by atoms with Gasteiger partial charge in [-0.1, -0.05) is 27.2 Å². The predicted octanol–water partition coefficient (Wildman–Crippen LogP) is 1.62. The molecule has 0 amide bonds. The first-order chi connectivity index (χ1) is 10.9. The van der Waals surface area contributed by atoms with Gasteiger partial charge in [0.15, 0.2) is 11.2 Å². The average molecular weight is 322 g/mol. The normalized spacial score (nSPS) is 13.1. The Morgan fingerprint density at radius 2 is 1.96 bits per heavy atom. The number of aryl methyl sites for hydroxylation is 2. The largest absolute Gasteiger partial charge is 0.373 e. The lowest BCUT2D eigenvalue weighted by molar-refractivity contribution is 0.0815. The fourth-order valence-corrected chi connectivity index (χ4v) is 2.80. The molecule has 128 valence electrons. The second-order valence-corrected chi connectivity index (χ2v) is 6.43. The standard InChI is InChI=1S/C16H26N4O3/c1-5-9-19-10-17-14-13(19)15(22)20(16(23)18(14)4)12(21)8-6-7-11(2)3/h10-12,21H,5-9H2,1-4H3/t12-/m0/s1. The number of nitrogens with zero attached hydrogens (tertiary/aromatic N) is 4. The molecule has 0 bridgehead atoms. The van der Waals surface area contributed by atoms with E-state index in [2.05, 4.69) is 18.8 Å². The molecule has 0 aliphatic heterocycles. The highest BCUT2D eigenvalue weighted by Gasteiger charge is 2.20. The molecule has 0 unspecified atom stereocenters. The van der Waals surface area contributed by atoms with E-state index in [1.165, 1.54) is 4.57 Å². The number of rotatable bonds is 7. The molecule has 7 heteroatoms. The van der Waals surface area contributed by atoms with Crippen LogP contribution in [-0.2, 0) is 13.6 Å². The molecule has 0 radical (unpaired) electrons. The Kier molecular flexibility index (Phi) is 5.41. The van der Waals surface area contributed by atoms with E-state index in [1.807, 2.05) is 6.92 Å². The summed E-state index contributed by atoms with van der Waals surface area (Å²) in [5.74, 6) is 0.523. The van der Waals surface area contributed by atoms with Gasteiger partial charge in [0.1, 0.15) is 6.23 Å². The third-order valence-electron chi connectivity index (χ3n) is 4.06. The molecule has 7 nitrogen and oxygen atoms in total. The van der Waals surface area contributed by atoms with E-state index < -0.39 is 17.5 Å². The average Bonchev–Trinajstić information content (AvgIpc) is 2.89. The number of aliphatic hydroxyl groups excluding tert-OH is 1. The van der Waals surface area contributed by atoms with E-state index in [4.69, 9.17) is 0 Å². The molecule has 2 aromatic rings. The molecule has 0 saturated carbocycles. The maximum atomic E-state index is 12.7. The van der Waals surface area contributed by atoms with Gasteiger partial charge in [0.05, 0.1) is 6.33 Å². The summed E-state index contributed by atoms with van der Waals surface area (Å²) in [7, 11) is 1.57. The topological polar surface area (TPSA) is 82.1 Å². The van der Waals surface area contributed by atoms with Crippen LogP contribution in [0.15, 0.2) is 15.9 Å². The number of hydrogen-bond donors (Lipinski definition) is 1. The van der Waals surface area contributed by atoms with E-state index in [0.29, 0.717) is 30.0 Å². The summed E-state index contributed by atoms with van der Waals surface area (Å²) >= 11 is 0. The molecule has 0 saturated heterocycles. The zero-order chi connectivity index (χ0) is 17.1. The summed E-state index contributed by atoms with van der Waals surface area (Å²) in [6.07, 6.45) is 3.42. The van der Waals surface area contributed by atoms with E-state index in [9.17, 15) is 14.7 Å². The van der Waals surface area contributed by atoms with Crippen LogP contribution in [0.4, 0.5) is 0 Å². The van der Waals surface area contributed by atoms with Crippen molar-refractivity contribution in [3.8, 4) is 0 Å². The van der Waals surface area contributed by atoms with Crippen molar-refractivity contribution >= 4 is 11.2 Å². The Hall–Kier alpha value is -1.89. The van der Waals surface area contributed by atoms with Crippen molar-refractivity contribution in [2.24, 2.45) is 13.0 Å². The van der Waals surface area contributed by atoms with Crippen LogP contribution >= 0.6 is 0 Å². The summed E-state index contributed by atoms with van der Waals surface area (Å²) in [6.45, 7) is 6.86. The van der Waals surface area contributed by atoms with Crippen LogP contribution in [-0.4, -0.2) is 23.8 Å². The van der Waals surface area contributed by atoms with Gasteiger partial charge in [0, 0.05) is 13.6 Å². The summed E-state index contributed by atoms with van der Waals surface area (Å²) in [5.41, 5.74) is -0.261. The minimum atomic E-state index is -1.10. The van der Waals surface area contributed by atoms with Gasteiger partial charge in [0.25, 0.3) is 5.56 Å². The zero-order valence-electron chi connectivity index (χ0n) is 14.3.